The highest BCUT2D eigenvalue weighted by atomic mass is 79.9. The quantitative estimate of drug-likeness (QED) is 0.793. The van der Waals surface area contributed by atoms with E-state index in [0.717, 1.165) is 47.5 Å². The van der Waals surface area contributed by atoms with E-state index in [2.05, 4.69) is 68.2 Å². The normalized spacial score (nSPS) is 10.5. The van der Waals surface area contributed by atoms with E-state index in [-0.39, 0.29) is 0 Å². The minimum absolute atomic E-state index is 0.524. The molecule has 0 aliphatic carbocycles. The zero-order valence-corrected chi connectivity index (χ0v) is 14.9. The molecular formula is C16H22BrN5. The van der Waals surface area contributed by atoms with Crippen molar-refractivity contribution in [1.82, 2.24) is 15.2 Å². The van der Waals surface area contributed by atoms with Crippen LogP contribution in [0.1, 0.15) is 32.3 Å². The van der Waals surface area contributed by atoms with E-state index in [4.69, 9.17) is 0 Å². The van der Waals surface area contributed by atoms with E-state index in [1.54, 1.807) is 6.20 Å². The predicted molar refractivity (Wildman–Crippen MR) is 94.8 cm³/mol. The Bertz CT molecular complexity index is 611. The van der Waals surface area contributed by atoms with E-state index in [1.807, 2.05) is 12.1 Å². The summed E-state index contributed by atoms with van der Waals surface area (Å²) in [5.74, 6) is 1.39. The molecule has 1 aromatic carbocycles. The fourth-order valence-electron chi connectivity index (χ4n) is 2.23. The van der Waals surface area contributed by atoms with Gasteiger partial charge in [-0.25, -0.2) is 0 Å². The van der Waals surface area contributed by atoms with Crippen LogP contribution in [0.2, 0.25) is 0 Å². The lowest BCUT2D eigenvalue weighted by molar-refractivity contribution is 0.728. The van der Waals surface area contributed by atoms with Crippen molar-refractivity contribution in [2.24, 2.45) is 0 Å². The Morgan fingerprint density at radius 3 is 2.55 bits per heavy atom. The molecule has 0 saturated heterocycles. The van der Waals surface area contributed by atoms with Crippen molar-refractivity contribution in [3.05, 3.63) is 34.4 Å². The first-order valence-corrected chi connectivity index (χ1v) is 8.41. The molecule has 0 aliphatic rings. The predicted octanol–water partition coefficient (Wildman–Crippen LogP) is 4.31. The van der Waals surface area contributed by atoms with E-state index in [1.165, 1.54) is 0 Å². The lowest BCUT2D eigenvalue weighted by Gasteiger charge is -2.22. The highest BCUT2D eigenvalue weighted by molar-refractivity contribution is 9.10. The first-order valence-electron chi connectivity index (χ1n) is 7.61. The van der Waals surface area contributed by atoms with Crippen LogP contribution in [0.4, 0.5) is 17.5 Å². The third-order valence-corrected chi connectivity index (χ3v) is 4.16. The molecule has 1 heterocycles. The Morgan fingerprint density at radius 2 is 1.91 bits per heavy atom. The molecule has 0 radical (unpaired) electrons. The molecular weight excluding hydrogens is 342 g/mol. The van der Waals surface area contributed by atoms with Crippen LogP contribution in [0.25, 0.3) is 0 Å². The Kier molecular flexibility index (Phi) is 6.12. The molecule has 2 aromatic rings. The van der Waals surface area contributed by atoms with Crippen LogP contribution in [0.15, 0.2) is 28.9 Å². The first kappa shape index (κ1) is 16.7. The molecule has 6 heteroatoms. The topological polar surface area (TPSA) is 53.9 Å². The summed E-state index contributed by atoms with van der Waals surface area (Å²) in [5, 5.41) is 11.4. The number of aromatic nitrogens is 3. The zero-order valence-electron chi connectivity index (χ0n) is 13.3. The number of hydrogen-bond donors (Lipinski definition) is 1. The molecule has 0 aliphatic heterocycles. The zero-order chi connectivity index (χ0) is 15.9. The summed E-state index contributed by atoms with van der Waals surface area (Å²) >= 11 is 3.50. The number of nitrogens with one attached hydrogen (secondary N) is 1. The fourth-order valence-corrected chi connectivity index (χ4v) is 2.48. The number of benzene rings is 1. The molecule has 0 fully saturated rings. The van der Waals surface area contributed by atoms with Crippen molar-refractivity contribution in [3.63, 3.8) is 0 Å². The lowest BCUT2D eigenvalue weighted by atomic mass is 10.2. The number of rotatable bonds is 7. The van der Waals surface area contributed by atoms with Gasteiger partial charge in [0.25, 0.3) is 0 Å². The van der Waals surface area contributed by atoms with Crippen molar-refractivity contribution in [3.8, 4) is 0 Å². The van der Waals surface area contributed by atoms with E-state index >= 15 is 0 Å². The highest BCUT2D eigenvalue weighted by Gasteiger charge is 2.09. The summed E-state index contributed by atoms with van der Waals surface area (Å²) in [7, 11) is 0. The van der Waals surface area contributed by atoms with Gasteiger partial charge < -0.3 is 10.2 Å². The summed E-state index contributed by atoms with van der Waals surface area (Å²) in [4.78, 5) is 6.83. The summed E-state index contributed by atoms with van der Waals surface area (Å²) in [6, 6.07) is 6.05. The van der Waals surface area contributed by atoms with Gasteiger partial charge in [0.15, 0.2) is 5.82 Å². The van der Waals surface area contributed by atoms with Gasteiger partial charge in [-0.1, -0.05) is 29.8 Å². The Hall–Kier alpha value is -1.69. The number of halogens is 1. The largest absolute Gasteiger partial charge is 0.355 e. The highest BCUT2D eigenvalue weighted by Crippen LogP contribution is 2.22. The van der Waals surface area contributed by atoms with E-state index in [9.17, 15) is 0 Å². The fraction of sp³-hybridized carbons (Fsp3) is 0.438. The van der Waals surface area contributed by atoms with Gasteiger partial charge in [-0.2, -0.15) is 10.1 Å². The van der Waals surface area contributed by atoms with E-state index < -0.39 is 0 Å². The Balaban J connectivity index is 2.18. The summed E-state index contributed by atoms with van der Waals surface area (Å²) in [6.07, 6.45) is 3.89. The van der Waals surface area contributed by atoms with Crippen molar-refractivity contribution in [2.45, 2.75) is 33.6 Å². The van der Waals surface area contributed by atoms with Crippen LogP contribution >= 0.6 is 15.9 Å². The lowest BCUT2D eigenvalue weighted by Crippen LogP contribution is -2.26. The number of hydrogen-bond acceptors (Lipinski definition) is 5. The van der Waals surface area contributed by atoms with Crippen molar-refractivity contribution < 1.29 is 0 Å². The van der Waals surface area contributed by atoms with Crippen LogP contribution in [0.5, 0.6) is 0 Å². The standard InChI is InChI=1S/C16H22BrN5/c1-4-8-22(9-5-2)15-11-18-21-16(20-15)19-13-6-7-14(17)12(3)10-13/h6-7,10-11H,4-5,8-9H2,1-3H3,(H,19,20,21). The first-order chi connectivity index (χ1) is 10.6. The third-order valence-electron chi connectivity index (χ3n) is 3.27. The summed E-state index contributed by atoms with van der Waals surface area (Å²) < 4.78 is 1.09. The molecule has 0 unspecified atom stereocenters. The van der Waals surface area contributed by atoms with Gasteiger partial charge in [-0.3, -0.25) is 0 Å². The van der Waals surface area contributed by atoms with Gasteiger partial charge in [-0.05, 0) is 43.5 Å². The molecule has 1 N–H and O–H groups in total. The minimum atomic E-state index is 0.524. The smallest absolute Gasteiger partial charge is 0.249 e. The van der Waals surface area contributed by atoms with Crippen LogP contribution in [0, 0.1) is 6.92 Å². The maximum Gasteiger partial charge on any atom is 0.249 e. The third kappa shape index (κ3) is 4.40. The van der Waals surface area contributed by atoms with Crippen LogP contribution in [0.3, 0.4) is 0 Å². The minimum Gasteiger partial charge on any atom is -0.355 e. The molecule has 118 valence electrons. The Labute approximate surface area is 140 Å². The van der Waals surface area contributed by atoms with Gasteiger partial charge in [0, 0.05) is 23.2 Å². The van der Waals surface area contributed by atoms with Gasteiger partial charge in [0.05, 0.1) is 6.20 Å². The summed E-state index contributed by atoms with van der Waals surface area (Å²) in [5.41, 5.74) is 2.12. The van der Waals surface area contributed by atoms with Crippen LogP contribution in [-0.2, 0) is 0 Å². The molecule has 0 saturated carbocycles. The maximum atomic E-state index is 4.59. The Morgan fingerprint density at radius 1 is 1.18 bits per heavy atom. The molecule has 0 atom stereocenters. The molecule has 0 amide bonds. The molecule has 5 nitrogen and oxygen atoms in total. The number of aryl methyl sites for hydroxylation is 1. The van der Waals surface area contributed by atoms with E-state index in [0.29, 0.717) is 5.95 Å². The molecule has 22 heavy (non-hydrogen) atoms. The monoisotopic (exact) mass is 363 g/mol. The summed E-state index contributed by atoms with van der Waals surface area (Å²) in [6.45, 7) is 8.34. The van der Waals surface area contributed by atoms with Gasteiger partial charge in [-0.15, -0.1) is 5.10 Å². The average molecular weight is 364 g/mol. The second-order valence-corrected chi connectivity index (χ2v) is 6.07. The molecule has 1 aromatic heterocycles. The van der Waals surface area contributed by atoms with Gasteiger partial charge in [0.1, 0.15) is 0 Å². The van der Waals surface area contributed by atoms with Crippen LogP contribution in [-0.4, -0.2) is 28.3 Å². The number of anilines is 3. The molecule has 0 spiro atoms. The van der Waals surface area contributed by atoms with Gasteiger partial charge in [0.2, 0.25) is 5.95 Å². The van der Waals surface area contributed by atoms with Crippen LogP contribution < -0.4 is 10.2 Å². The molecule has 2 rings (SSSR count). The van der Waals surface area contributed by atoms with Crippen molar-refractivity contribution >= 4 is 33.4 Å². The average Bonchev–Trinajstić information content (AvgIpc) is 2.51. The molecule has 0 bridgehead atoms. The second kappa shape index (κ2) is 8.08. The maximum absolute atomic E-state index is 4.59. The second-order valence-electron chi connectivity index (χ2n) is 5.21. The number of nitrogens with zero attached hydrogens (tertiary/aromatic N) is 4. The van der Waals surface area contributed by atoms with Crippen molar-refractivity contribution in [2.75, 3.05) is 23.3 Å². The van der Waals surface area contributed by atoms with Gasteiger partial charge >= 0.3 is 0 Å². The van der Waals surface area contributed by atoms with Crippen molar-refractivity contribution in [1.29, 1.82) is 0 Å². The SMILES string of the molecule is CCCN(CCC)c1cnnc(Nc2ccc(Br)c(C)c2)n1.